The maximum absolute atomic E-state index is 9.70. The highest BCUT2D eigenvalue weighted by molar-refractivity contribution is 5.70. The first kappa shape index (κ1) is 10.8. The highest BCUT2D eigenvalue weighted by atomic mass is 16.5. The Hall–Kier alpha value is -1.30. The molecule has 2 aliphatic rings. The van der Waals surface area contributed by atoms with Crippen LogP contribution in [-0.4, -0.2) is 41.3 Å². The molecule has 5 nitrogen and oxygen atoms in total. The maximum atomic E-state index is 9.70. The molecule has 3 rings (SSSR count). The molecule has 92 valence electrons. The third-order valence-corrected chi connectivity index (χ3v) is 3.34. The molecular weight excluding hydrogens is 220 g/mol. The Morgan fingerprint density at radius 1 is 1.29 bits per heavy atom. The lowest BCUT2D eigenvalue weighted by molar-refractivity contribution is -0.0499. The van der Waals surface area contributed by atoms with E-state index in [4.69, 9.17) is 9.84 Å². The summed E-state index contributed by atoms with van der Waals surface area (Å²) in [5.74, 6) is 0. The standard InChI is InChI=1S/C12H16N2O3/c15-6-10(16)12-9-5-11(17-12)14-8-4-2-1-3-7(8)13-9/h1-4,9-16H,5-6H2/t9-,10-,11-,12+/m1/s1. The van der Waals surface area contributed by atoms with Crippen molar-refractivity contribution >= 4 is 11.4 Å². The van der Waals surface area contributed by atoms with Crippen molar-refractivity contribution in [2.75, 3.05) is 17.2 Å². The van der Waals surface area contributed by atoms with Gasteiger partial charge in [0.2, 0.25) is 0 Å². The number of para-hydroxylation sites is 2. The van der Waals surface area contributed by atoms with Gasteiger partial charge in [-0.1, -0.05) is 12.1 Å². The Morgan fingerprint density at radius 3 is 2.71 bits per heavy atom. The number of hydrogen-bond acceptors (Lipinski definition) is 5. The molecule has 2 bridgehead atoms. The Morgan fingerprint density at radius 2 is 2.00 bits per heavy atom. The monoisotopic (exact) mass is 236 g/mol. The molecule has 1 aromatic carbocycles. The van der Waals surface area contributed by atoms with E-state index in [-0.39, 0.29) is 25.0 Å². The molecule has 1 aromatic rings. The van der Waals surface area contributed by atoms with Gasteiger partial charge in [0.05, 0.1) is 24.0 Å². The normalized spacial score (nSPS) is 32.0. The van der Waals surface area contributed by atoms with Crippen LogP contribution in [0.25, 0.3) is 0 Å². The summed E-state index contributed by atoms with van der Waals surface area (Å²) in [6.07, 6.45) is -0.547. The predicted molar refractivity (Wildman–Crippen MR) is 63.8 cm³/mol. The molecule has 0 spiro atoms. The number of rotatable bonds is 2. The lowest BCUT2D eigenvalue weighted by atomic mass is 10.1. The second-order valence-corrected chi connectivity index (χ2v) is 4.52. The zero-order valence-corrected chi connectivity index (χ0v) is 9.34. The highest BCUT2D eigenvalue weighted by Crippen LogP contribution is 2.34. The van der Waals surface area contributed by atoms with Crippen LogP contribution in [0.1, 0.15) is 6.42 Å². The predicted octanol–water partition coefficient (Wildman–Crippen LogP) is 0.361. The van der Waals surface area contributed by atoms with Crippen LogP contribution in [-0.2, 0) is 4.74 Å². The van der Waals surface area contributed by atoms with Crippen LogP contribution < -0.4 is 10.6 Å². The van der Waals surface area contributed by atoms with Gasteiger partial charge >= 0.3 is 0 Å². The minimum atomic E-state index is -0.843. The van der Waals surface area contributed by atoms with Gasteiger partial charge in [-0.05, 0) is 12.1 Å². The van der Waals surface area contributed by atoms with Gasteiger partial charge in [0.15, 0.2) is 0 Å². The van der Waals surface area contributed by atoms with Crippen LogP contribution in [0.15, 0.2) is 24.3 Å². The van der Waals surface area contributed by atoms with Gasteiger partial charge < -0.3 is 25.6 Å². The van der Waals surface area contributed by atoms with E-state index in [0.717, 1.165) is 17.8 Å². The first-order chi connectivity index (χ1) is 8.28. The van der Waals surface area contributed by atoms with Crippen molar-refractivity contribution in [1.29, 1.82) is 0 Å². The number of ether oxygens (including phenoxy) is 1. The molecular formula is C12H16N2O3. The lowest BCUT2D eigenvalue weighted by Gasteiger charge is -2.26. The van der Waals surface area contributed by atoms with E-state index < -0.39 is 6.10 Å². The van der Waals surface area contributed by atoms with Crippen molar-refractivity contribution < 1.29 is 14.9 Å². The average molecular weight is 236 g/mol. The Bertz CT molecular complexity index is 412. The third kappa shape index (κ3) is 1.86. The van der Waals surface area contributed by atoms with E-state index in [1.54, 1.807) is 0 Å². The number of aliphatic hydroxyl groups excluding tert-OH is 2. The molecule has 2 aliphatic heterocycles. The Labute approximate surface area is 99.4 Å². The molecule has 4 atom stereocenters. The summed E-state index contributed by atoms with van der Waals surface area (Å²) in [5, 5.41) is 25.3. The number of fused-ring (bicyclic) bond motifs is 3. The molecule has 17 heavy (non-hydrogen) atoms. The van der Waals surface area contributed by atoms with E-state index in [1.807, 2.05) is 24.3 Å². The summed E-state index contributed by atoms with van der Waals surface area (Å²) in [6, 6.07) is 7.94. The largest absolute Gasteiger partial charge is 0.394 e. The zero-order chi connectivity index (χ0) is 11.8. The van der Waals surface area contributed by atoms with Crippen LogP contribution in [0, 0.1) is 0 Å². The second kappa shape index (κ2) is 4.18. The summed E-state index contributed by atoms with van der Waals surface area (Å²) >= 11 is 0. The molecule has 0 aliphatic carbocycles. The fourth-order valence-corrected chi connectivity index (χ4v) is 2.51. The van der Waals surface area contributed by atoms with E-state index in [0.29, 0.717) is 0 Å². The van der Waals surface area contributed by atoms with E-state index >= 15 is 0 Å². The molecule has 5 heteroatoms. The van der Waals surface area contributed by atoms with Crippen LogP contribution in [0.3, 0.4) is 0 Å². The van der Waals surface area contributed by atoms with Crippen molar-refractivity contribution in [3.05, 3.63) is 24.3 Å². The first-order valence-electron chi connectivity index (χ1n) is 5.84. The minimum Gasteiger partial charge on any atom is -0.394 e. The number of nitrogens with one attached hydrogen (secondary N) is 2. The van der Waals surface area contributed by atoms with Crippen LogP contribution in [0.4, 0.5) is 11.4 Å². The van der Waals surface area contributed by atoms with E-state index in [1.165, 1.54) is 0 Å². The number of anilines is 2. The molecule has 0 unspecified atom stereocenters. The topological polar surface area (TPSA) is 73.8 Å². The Balaban J connectivity index is 1.86. The molecule has 1 saturated heterocycles. The third-order valence-electron chi connectivity index (χ3n) is 3.34. The average Bonchev–Trinajstić information content (AvgIpc) is 2.62. The van der Waals surface area contributed by atoms with Crippen LogP contribution in [0.5, 0.6) is 0 Å². The van der Waals surface area contributed by atoms with Gasteiger partial charge in [0, 0.05) is 6.42 Å². The smallest absolute Gasteiger partial charge is 0.130 e. The maximum Gasteiger partial charge on any atom is 0.130 e. The number of hydrogen-bond donors (Lipinski definition) is 4. The van der Waals surface area contributed by atoms with Gasteiger partial charge in [-0.15, -0.1) is 0 Å². The van der Waals surface area contributed by atoms with Crippen LogP contribution in [0.2, 0.25) is 0 Å². The van der Waals surface area contributed by atoms with Crippen molar-refractivity contribution in [1.82, 2.24) is 0 Å². The van der Waals surface area contributed by atoms with E-state index in [9.17, 15) is 5.11 Å². The molecule has 0 radical (unpaired) electrons. The highest BCUT2D eigenvalue weighted by Gasteiger charge is 2.41. The summed E-state index contributed by atoms with van der Waals surface area (Å²) in [4.78, 5) is 0. The lowest BCUT2D eigenvalue weighted by Crippen LogP contribution is -2.41. The molecule has 4 N–H and O–H groups in total. The fourth-order valence-electron chi connectivity index (χ4n) is 2.51. The van der Waals surface area contributed by atoms with Gasteiger partial charge in [-0.2, -0.15) is 0 Å². The SMILES string of the molecule is OC[C@@H](O)[C@H]1O[C@@H]2C[C@H]1Nc1ccccc1N2. The van der Waals surface area contributed by atoms with Gasteiger partial charge in [-0.3, -0.25) is 0 Å². The fraction of sp³-hybridized carbons (Fsp3) is 0.500. The van der Waals surface area contributed by atoms with Crippen molar-refractivity contribution in [2.45, 2.75) is 30.9 Å². The molecule has 0 saturated carbocycles. The van der Waals surface area contributed by atoms with Gasteiger partial charge in [-0.25, -0.2) is 0 Å². The summed E-state index contributed by atoms with van der Waals surface area (Å²) in [7, 11) is 0. The van der Waals surface area contributed by atoms with Crippen molar-refractivity contribution in [3.63, 3.8) is 0 Å². The second-order valence-electron chi connectivity index (χ2n) is 4.52. The summed E-state index contributed by atoms with van der Waals surface area (Å²) in [6.45, 7) is -0.281. The zero-order valence-electron chi connectivity index (χ0n) is 9.34. The summed E-state index contributed by atoms with van der Waals surface area (Å²) in [5.41, 5.74) is 2.02. The first-order valence-corrected chi connectivity index (χ1v) is 5.84. The van der Waals surface area contributed by atoms with Gasteiger partial charge in [0.1, 0.15) is 18.4 Å². The minimum absolute atomic E-state index is 0.0262. The summed E-state index contributed by atoms with van der Waals surface area (Å²) < 4.78 is 5.69. The van der Waals surface area contributed by atoms with Crippen molar-refractivity contribution in [3.8, 4) is 0 Å². The molecule has 0 aromatic heterocycles. The van der Waals surface area contributed by atoms with E-state index in [2.05, 4.69) is 10.6 Å². The van der Waals surface area contributed by atoms with Crippen molar-refractivity contribution in [2.24, 2.45) is 0 Å². The molecule has 0 amide bonds. The Kier molecular flexibility index (Phi) is 2.66. The quantitative estimate of drug-likeness (QED) is 0.596. The molecule has 1 fully saturated rings. The number of aliphatic hydroxyl groups is 2. The van der Waals surface area contributed by atoms with Gasteiger partial charge in [0.25, 0.3) is 0 Å². The molecule has 2 heterocycles. The van der Waals surface area contributed by atoms with Crippen LogP contribution >= 0.6 is 0 Å². The number of benzene rings is 1.